The molecule has 1 N–H and O–H groups in total. The van der Waals surface area contributed by atoms with E-state index in [9.17, 15) is 0 Å². The van der Waals surface area contributed by atoms with E-state index in [1.54, 1.807) is 0 Å². The van der Waals surface area contributed by atoms with Gasteiger partial charge in [0.15, 0.2) is 5.96 Å². The summed E-state index contributed by atoms with van der Waals surface area (Å²) in [6.45, 7) is 3.62. The van der Waals surface area contributed by atoms with Gasteiger partial charge in [0.25, 0.3) is 0 Å². The second-order valence-electron chi connectivity index (χ2n) is 5.48. The Balaban J connectivity index is 0.00000161. The van der Waals surface area contributed by atoms with Crippen molar-refractivity contribution in [2.75, 3.05) is 26.2 Å². The molecule has 0 atom stereocenters. The van der Waals surface area contributed by atoms with Crippen molar-refractivity contribution >= 4 is 29.9 Å². The Bertz CT molecular complexity index is 442. The van der Waals surface area contributed by atoms with E-state index >= 15 is 0 Å². The SMILES string of the molecule is I.c1ccc(OCCN=C(NC2CC2)N2CCCC2)cc1. The molecule has 1 aromatic rings. The lowest BCUT2D eigenvalue weighted by molar-refractivity contribution is 0.327. The van der Waals surface area contributed by atoms with E-state index in [-0.39, 0.29) is 24.0 Å². The third-order valence-corrected chi connectivity index (χ3v) is 3.68. The van der Waals surface area contributed by atoms with Crippen molar-refractivity contribution in [3.05, 3.63) is 30.3 Å². The van der Waals surface area contributed by atoms with E-state index in [0.29, 0.717) is 19.2 Å². The fourth-order valence-electron chi connectivity index (χ4n) is 2.41. The summed E-state index contributed by atoms with van der Waals surface area (Å²) in [4.78, 5) is 7.08. The standard InChI is InChI=1S/C16H23N3O.HI/c1-2-6-15(7-3-1)20-13-10-17-16(18-14-8-9-14)19-11-4-5-12-19;/h1-3,6-7,14H,4-5,8-13H2,(H,17,18);1H. The molecule has 1 aliphatic carbocycles. The van der Waals surface area contributed by atoms with E-state index in [1.165, 1.54) is 25.7 Å². The molecule has 1 aromatic carbocycles. The van der Waals surface area contributed by atoms with E-state index in [4.69, 9.17) is 9.73 Å². The molecule has 2 aliphatic rings. The Kier molecular flexibility index (Phi) is 6.60. The molecule has 0 aromatic heterocycles. The average Bonchev–Trinajstić information content (AvgIpc) is 3.14. The Labute approximate surface area is 144 Å². The first-order chi connectivity index (χ1) is 9.92. The minimum Gasteiger partial charge on any atom is -0.492 e. The number of para-hydroxylation sites is 1. The Hall–Kier alpha value is -0.980. The number of hydrogen-bond acceptors (Lipinski definition) is 2. The lowest BCUT2D eigenvalue weighted by Gasteiger charge is -2.21. The second kappa shape index (κ2) is 8.46. The molecule has 1 aliphatic heterocycles. The van der Waals surface area contributed by atoms with Gasteiger partial charge in [0.1, 0.15) is 12.4 Å². The van der Waals surface area contributed by atoms with Gasteiger partial charge in [-0.3, -0.25) is 0 Å². The van der Waals surface area contributed by atoms with Gasteiger partial charge < -0.3 is 15.0 Å². The lowest BCUT2D eigenvalue weighted by Crippen LogP contribution is -2.41. The van der Waals surface area contributed by atoms with Gasteiger partial charge in [-0.25, -0.2) is 4.99 Å². The van der Waals surface area contributed by atoms with Crippen LogP contribution in [0, 0.1) is 0 Å². The van der Waals surface area contributed by atoms with Crippen molar-refractivity contribution in [3.8, 4) is 5.75 Å². The smallest absolute Gasteiger partial charge is 0.194 e. The van der Waals surface area contributed by atoms with Crippen LogP contribution in [0.4, 0.5) is 0 Å². The predicted molar refractivity (Wildman–Crippen MR) is 96.6 cm³/mol. The molecule has 5 heteroatoms. The van der Waals surface area contributed by atoms with Crippen molar-refractivity contribution in [1.29, 1.82) is 0 Å². The Morgan fingerprint density at radius 1 is 1.19 bits per heavy atom. The summed E-state index contributed by atoms with van der Waals surface area (Å²) in [5.74, 6) is 2.00. The van der Waals surface area contributed by atoms with E-state index in [0.717, 1.165) is 24.8 Å². The van der Waals surface area contributed by atoms with Gasteiger partial charge >= 0.3 is 0 Å². The number of benzene rings is 1. The van der Waals surface area contributed by atoms with Crippen molar-refractivity contribution in [2.45, 2.75) is 31.7 Å². The molecule has 0 unspecified atom stereocenters. The summed E-state index contributed by atoms with van der Waals surface area (Å²) in [5, 5.41) is 3.55. The monoisotopic (exact) mass is 401 g/mol. The first-order valence-electron chi connectivity index (χ1n) is 7.65. The molecule has 0 spiro atoms. The molecule has 2 fully saturated rings. The molecule has 4 nitrogen and oxygen atoms in total. The van der Waals surface area contributed by atoms with E-state index in [1.807, 2.05) is 30.3 Å². The van der Waals surface area contributed by atoms with Crippen molar-refractivity contribution in [1.82, 2.24) is 10.2 Å². The summed E-state index contributed by atoms with van der Waals surface area (Å²) in [6, 6.07) is 10.6. The van der Waals surface area contributed by atoms with Gasteiger partial charge in [-0.15, -0.1) is 24.0 Å². The van der Waals surface area contributed by atoms with Gasteiger partial charge in [0.2, 0.25) is 0 Å². The minimum atomic E-state index is 0. The Morgan fingerprint density at radius 2 is 1.90 bits per heavy atom. The fourth-order valence-corrected chi connectivity index (χ4v) is 2.41. The van der Waals surface area contributed by atoms with Crippen LogP contribution in [-0.4, -0.2) is 43.1 Å². The van der Waals surface area contributed by atoms with Crippen LogP contribution >= 0.6 is 24.0 Å². The molecule has 1 saturated carbocycles. The van der Waals surface area contributed by atoms with Gasteiger partial charge in [-0.1, -0.05) is 18.2 Å². The zero-order chi connectivity index (χ0) is 13.6. The Morgan fingerprint density at radius 3 is 2.57 bits per heavy atom. The van der Waals surface area contributed by atoms with Crippen molar-refractivity contribution in [2.24, 2.45) is 4.99 Å². The van der Waals surface area contributed by atoms with E-state index in [2.05, 4.69) is 10.2 Å². The topological polar surface area (TPSA) is 36.9 Å². The fraction of sp³-hybridized carbons (Fsp3) is 0.562. The number of aliphatic imine (C=N–C) groups is 1. The molecule has 0 amide bonds. The van der Waals surface area contributed by atoms with Crippen LogP contribution in [0.3, 0.4) is 0 Å². The molecule has 3 rings (SSSR count). The summed E-state index contributed by atoms with van der Waals surface area (Å²) >= 11 is 0. The van der Waals surface area contributed by atoms with Crippen LogP contribution in [0.1, 0.15) is 25.7 Å². The highest BCUT2D eigenvalue weighted by Gasteiger charge is 2.25. The van der Waals surface area contributed by atoms with Crippen LogP contribution in [-0.2, 0) is 0 Å². The number of likely N-dealkylation sites (tertiary alicyclic amines) is 1. The number of nitrogens with one attached hydrogen (secondary N) is 1. The van der Waals surface area contributed by atoms with Crippen LogP contribution in [0.15, 0.2) is 35.3 Å². The highest BCUT2D eigenvalue weighted by atomic mass is 127. The van der Waals surface area contributed by atoms with Crippen LogP contribution in [0.2, 0.25) is 0 Å². The highest BCUT2D eigenvalue weighted by Crippen LogP contribution is 2.20. The zero-order valence-corrected chi connectivity index (χ0v) is 14.7. The molecule has 0 radical (unpaired) electrons. The quantitative estimate of drug-likeness (QED) is 0.357. The molecule has 1 heterocycles. The third-order valence-electron chi connectivity index (χ3n) is 3.68. The molecule has 0 bridgehead atoms. The predicted octanol–water partition coefficient (Wildman–Crippen LogP) is 2.89. The number of hydrogen-bond donors (Lipinski definition) is 1. The van der Waals surface area contributed by atoms with Gasteiger partial charge in [0.05, 0.1) is 6.54 Å². The number of ether oxygens (including phenoxy) is 1. The number of rotatable bonds is 5. The lowest BCUT2D eigenvalue weighted by atomic mass is 10.3. The van der Waals surface area contributed by atoms with Gasteiger partial charge in [0, 0.05) is 19.1 Å². The van der Waals surface area contributed by atoms with Crippen molar-refractivity contribution in [3.63, 3.8) is 0 Å². The zero-order valence-electron chi connectivity index (χ0n) is 12.3. The van der Waals surface area contributed by atoms with Crippen molar-refractivity contribution < 1.29 is 4.74 Å². The minimum absolute atomic E-state index is 0. The second-order valence-corrected chi connectivity index (χ2v) is 5.48. The highest BCUT2D eigenvalue weighted by molar-refractivity contribution is 14.0. The number of guanidine groups is 1. The molecule has 21 heavy (non-hydrogen) atoms. The first kappa shape index (κ1) is 16.4. The average molecular weight is 401 g/mol. The van der Waals surface area contributed by atoms with Crippen LogP contribution in [0.25, 0.3) is 0 Å². The van der Waals surface area contributed by atoms with Gasteiger partial charge in [-0.05, 0) is 37.8 Å². The molecular weight excluding hydrogens is 377 g/mol. The maximum atomic E-state index is 5.69. The number of nitrogens with zero attached hydrogens (tertiary/aromatic N) is 2. The largest absolute Gasteiger partial charge is 0.492 e. The summed E-state index contributed by atoms with van der Waals surface area (Å²) in [5.41, 5.74) is 0. The maximum Gasteiger partial charge on any atom is 0.194 e. The maximum absolute atomic E-state index is 5.69. The van der Waals surface area contributed by atoms with E-state index < -0.39 is 0 Å². The third kappa shape index (κ3) is 5.37. The summed E-state index contributed by atoms with van der Waals surface area (Å²) < 4.78 is 5.69. The molecule has 1 saturated heterocycles. The summed E-state index contributed by atoms with van der Waals surface area (Å²) in [7, 11) is 0. The van der Waals surface area contributed by atoms with Crippen LogP contribution < -0.4 is 10.1 Å². The molecular formula is C16H24IN3O. The first-order valence-corrected chi connectivity index (χ1v) is 7.65. The van der Waals surface area contributed by atoms with Crippen LogP contribution in [0.5, 0.6) is 5.75 Å². The molecule has 116 valence electrons. The summed E-state index contributed by atoms with van der Waals surface area (Å²) in [6.07, 6.45) is 5.14. The number of halogens is 1. The normalized spacial score (nSPS) is 18.3. The van der Waals surface area contributed by atoms with Gasteiger partial charge in [-0.2, -0.15) is 0 Å².